The number of nitrogens with zero attached hydrogens (tertiary/aromatic N) is 1. The number of amides is 1. The van der Waals surface area contributed by atoms with Gasteiger partial charge in [-0.3, -0.25) is 4.79 Å². The maximum absolute atomic E-state index is 11.8. The average molecular weight is 252 g/mol. The third kappa shape index (κ3) is 2.90. The predicted octanol–water partition coefficient (Wildman–Crippen LogP) is 1.11. The average Bonchev–Trinajstić information content (AvgIpc) is 2.87. The summed E-state index contributed by atoms with van der Waals surface area (Å²) in [4.78, 5) is 11.8. The van der Waals surface area contributed by atoms with E-state index < -0.39 is 0 Å². The van der Waals surface area contributed by atoms with Gasteiger partial charge in [-0.05, 0) is 26.7 Å². The first-order chi connectivity index (χ1) is 8.58. The molecule has 18 heavy (non-hydrogen) atoms. The van der Waals surface area contributed by atoms with Crippen LogP contribution in [-0.4, -0.2) is 28.8 Å². The zero-order chi connectivity index (χ0) is 13.1. The minimum absolute atomic E-state index is 0.0384. The molecule has 1 heterocycles. The number of hydrogen-bond acceptors (Lipinski definition) is 4. The van der Waals surface area contributed by atoms with Gasteiger partial charge in [0.2, 0.25) is 5.91 Å². The number of aliphatic hydroxyl groups excluding tert-OH is 1. The number of carbonyl (C=O) groups excluding carboxylic acids is 1. The number of nitrogens with one attached hydrogen (secondary N) is 1. The number of hydrogen-bond donors (Lipinski definition) is 2. The van der Waals surface area contributed by atoms with E-state index in [4.69, 9.17) is 4.52 Å². The van der Waals surface area contributed by atoms with Crippen molar-refractivity contribution in [2.75, 3.05) is 6.54 Å². The summed E-state index contributed by atoms with van der Waals surface area (Å²) in [6.45, 7) is 4.20. The molecule has 0 bridgehead atoms. The normalized spacial score (nSPS) is 23.3. The first kappa shape index (κ1) is 13.1. The number of aryl methyl sites for hydroxylation is 2. The lowest BCUT2D eigenvalue weighted by Crippen LogP contribution is -2.33. The molecule has 1 aliphatic carbocycles. The highest BCUT2D eigenvalue weighted by molar-refractivity contribution is 5.78. The van der Waals surface area contributed by atoms with Crippen molar-refractivity contribution in [3.05, 3.63) is 17.0 Å². The summed E-state index contributed by atoms with van der Waals surface area (Å²) in [6.07, 6.45) is 2.93. The lowest BCUT2D eigenvalue weighted by molar-refractivity contribution is -0.120. The van der Waals surface area contributed by atoms with E-state index in [0.717, 1.165) is 30.5 Å². The van der Waals surface area contributed by atoms with Gasteiger partial charge in [-0.1, -0.05) is 11.6 Å². The fraction of sp³-hybridized carbons (Fsp3) is 0.692. The summed E-state index contributed by atoms with van der Waals surface area (Å²) < 4.78 is 5.02. The lowest BCUT2D eigenvalue weighted by atomic mass is 10.1. The molecular weight excluding hydrogens is 232 g/mol. The molecule has 2 unspecified atom stereocenters. The van der Waals surface area contributed by atoms with E-state index in [1.54, 1.807) is 0 Å². The van der Waals surface area contributed by atoms with Crippen LogP contribution in [0.15, 0.2) is 4.52 Å². The van der Waals surface area contributed by atoms with E-state index in [9.17, 15) is 9.90 Å². The first-order valence-corrected chi connectivity index (χ1v) is 6.44. The Hall–Kier alpha value is -1.36. The van der Waals surface area contributed by atoms with E-state index in [-0.39, 0.29) is 17.9 Å². The summed E-state index contributed by atoms with van der Waals surface area (Å²) >= 11 is 0. The van der Waals surface area contributed by atoms with Gasteiger partial charge < -0.3 is 14.9 Å². The summed E-state index contributed by atoms with van der Waals surface area (Å²) in [5.74, 6) is 0.866. The Morgan fingerprint density at radius 2 is 2.28 bits per heavy atom. The quantitative estimate of drug-likeness (QED) is 0.841. The van der Waals surface area contributed by atoms with Crippen LogP contribution in [-0.2, 0) is 11.2 Å². The maximum Gasteiger partial charge on any atom is 0.224 e. The van der Waals surface area contributed by atoms with Crippen molar-refractivity contribution in [1.82, 2.24) is 10.5 Å². The molecule has 1 fully saturated rings. The zero-order valence-electron chi connectivity index (χ0n) is 10.9. The summed E-state index contributed by atoms with van der Waals surface area (Å²) in [5, 5.41) is 16.4. The fourth-order valence-electron chi connectivity index (χ4n) is 2.48. The molecule has 2 N–H and O–H groups in total. The first-order valence-electron chi connectivity index (χ1n) is 6.44. The number of aliphatic hydroxyl groups is 1. The molecule has 2 atom stereocenters. The van der Waals surface area contributed by atoms with E-state index in [0.29, 0.717) is 18.7 Å². The van der Waals surface area contributed by atoms with Crippen molar-refractivity contribution in [1.29, 1.82) is 0 Å². The lowest BCUT2D eigenvalue weighted by Gasteiger charge is -2.14. The molecule has 0 spiro atoms. The number of aromatic nitrogens is 1. The highest BCUT2D eigenvalue weighted by Gasteiger charge is 2.25. The Bertz CT molecular complexity index is 408. The van der Waals surface area contributed by atoms with E-state index in [2.05, 4.69) is 10.5 Å². The van der Waals surface area contributed by atoms with Gasteiger partial charge in [0.25, 0.3) is 0 Å². The van der Waals surface area contributed by atoms with Gasteiger partial charge in [-0.15, -0.1) is 0 Å². The van der Waals surface area contributed by atoms with Gasteiger partial charge >= 0.3 is 0 Å². The number of carbonyl (C=O) groups is 1. The standard InChI is InChI=1S/C13H20N2O3/c1-8-11(9(2)18-15-8)6-13(17)14-7-10-4-3-5-12(10)16/h10,12,16H,3-7H2,1-2H3,(H,14,17). The second-order valence-corrected chi connectivity index (χ2v) is 5.04. The van der Waals surface area contributed by atoms with Crippen molar-refractivity contribution >= 4 is 5.91 Å². The third-order valence-corrected chi connectivity index (χ3v) is 3.70. The van der Waals surface area contributed by atoms with E-state index >= 15 is 0 Å². The Kier molecular flexibility index (Phi) is 4.01. The van der Waals surface area contributed by atoms with Crippen LogP contribution < -0.4 is 5.32 Å². The Morgan fingerprint density at radius 1 is 1.50 bits per heavy atom. The molecular formula is C13H20N2O3. The van der Waals surface area contributed by atoms with E-state index in [1.807, 2.05) is 13.8 Å². The Balaban J connectivity index is 1.82. The zero-order valence-corrected chi connectivity index (χ0v) is 10.9. The van der Waals surface area contributed by atoms with Crippen molar-refractivity contribution in [3.63, 3.8) is 0 Å². The van der Waals surface area contributed by atoms with Crippen molar-refractivity contribution in [2.24, 2.45) is 5.92 Å². The van der Waals surface area contributed by atoms with Gasteiger partial charge in [-0.25, -0.2) is 0 Å². The molecule has 1 saturated carbocycles. The van der Waals surface area contributed by atoms with Crippen LogP contribution in [0.3, 0.4) is 0 Å². The molecule has 2 rings (SSSR count). The van der Waals surface area contributed by atoms with Crippen LogP contribution in [0.2, 0.25) is 0 Å². The topological polar surface area (TPSA) is 75.4 Å². The second kappa shape index (κ2) is 5.52. The maximum atomic E-state index is 11.8. The van der Waals surface area contributed by atoms with Crippen molar-refractivity contribution < 1.29 is 14.4 Å². The van der Waals surface area contributed by atoms with E-state index in [1.165, 1.54) is 0 Å². The predicted molar refractivity (Wildman–Crippen MR) is 66.0 cm³/mol. The third-order valence-electron chi connectivity index (χ3n) is 3.70. The highest BCUT2D eigenvalue weighted by atomic mass is 16.5. The minimum Gasteiger partial charge on any atom is -0.393 e. The SMILES string of the molecule is Cc1noc(C)c1CC(=O)NCC1CCCC1O. The molecule has 0 aliphatic heterocycles. The van der Waals surface area contributed by atoms with Gasteiger partial charge in [0, 0.05) is 18.0 Å². The van der Waals surface area contributed by atoms with Gasteiger partial charge in [0.1, 0.15) is 5.76 Å². The Labute approximate surface area is 107 Å². The molecule has 5 heteroatoms. The van der Waals surface area contributed by atoms with Gasteiger partial charge in [0.15, 0.2) is 0 Å². The van der Waals surface area contributed by atoms with Crippen molar-refractivity contribution in [3.8, 4) is 0 Å². The van der Waals surface area contributed by atoms with Gasteiger partial charge in [0.05, 0.1) is 18.2 Å². The molecule has 1 aliphatic rings. The fourth-order valence-corrected chi connectivity index (χ4v) is 2.48. The van der Waals surface area contributed by atoms with Crippen LogP contribution in [0.1, 0.15) is 36.3 Å². The molecule has 0 radical (unpaired) electrons. The molecule has 0 saturated heterocycles. The largest absolute Gasteiger partial charge is 0.393 e. The number of rotatable bonds is 4. The second-order valence-electron chi connectivity index (χ2n) is 5.04. The minimum atomic E-state index is -0.260. The van der Waals surface area contributed by atoms with Crippen LogP contribution in [0.25, 0.3) is 0 Å². The molecule has 1 amide bonds. The highest BCUT2D eigenvalue weighted by Crippen LogP contribution is 2.24. The van der Waals surface area contributed by atoms with Gasteiger partial charge in [-0.2, -0.15) is 0 Å². The molecule has 100 valence electrons. The van der Waals surface area contributed by atoms with Crippen molar-refractivity contribution in [2.45, 2.75) is 45.6 Å². The van der Waals surface area contributed by atoms with Crippen LogP contribution >= 0.6 is 0 Å². The molecule has 1 aromatic heterocycles. The molecule has 5 nitrogen and oxygen atoms in total. The van der Waals surface area contributed by atoms with Crippen LogP contribution in [0.5, 0.6) is 0 Å². The summed E-state index contributed by atoms with van der Waals surface area (Å²) in [5.41, 5.74) is 1.63. The molecule has 1 aromatic rings. The Morgan fingerprint density at radius 3 is 2.83 bits per heavy atom. The molecule has 0 aromatic carbocycles. The van der Waals surface area contributed by atoms with Crippen LogP contribution in [0, 0.1) is 19.8 Å². The monoisotopic (exact) mass is 252 g/mol. The summed E-state index contributed by atoms with van der Waals surface area (Å²) in [7, 11) is 0. The summed E-state index contributed by atoms with van der Waals surface area (Å²) in [6, 6.07) is 0. The smallest absolute Gasteiger partial charge is 0.224 e. The van der Waals surface area contributed by atoms with Crippen LogP contribution in [0.4, 0.5) is 0 Å².